The van der Waals surface area contributed by atoms with Crippen molar-refractivity contribution in [3.8, 4) is 23.1 Å². The normalized spacial score (nSPS) is 12.2. The number of aromatic nitrogens is 3. The van der Waals surface area contributed by atoms with Gasteiger partial charge in [0, 0.05) is 23.9 Å². The fourth-order valence-electron chi connectivity index (χ4n) is 4.75. The quantitative estimate of drug-likeness (QED) is 0.286. The molecule has 0 radical (unpaired) electrons. The van der Waals surface area contributed by atoms with E-state index in [1.54, 1.807) is 37.4 Å². The van der Waals surface area contributed by atoms with Crippen LogP contribution in [0.3, 0.4) is 0 Å². The van der Waals surface area contributed by atoms with E-state index in [0.29, 0.717) is 24.8 Å². The highest BCUT2D eigenvalue weighted by Gasteiger charge is 2.32. The Balaban J connectivity index is 1.89. The summed E-state index contributed by atoms with van der Waals surface area (Å²) in [5.74, 6) is -1.23. The second-order valence-corrected chi connectivity index (χ2v) is 11.3. The van der Waals surface area contributed by atoms with Gasteiger partial charge in [-0.15, -0.1) is 0 Å². The Morgan fingerprint density at radius 1 is 1.12 bits per heavy atom. The number of aryl methyl sites for hydroxylation is 2. The average Bonchev–Trinajstić information content (AvgIpc) is 2.94. The van der Waals surface area contributed by atoms with Crippen LogP contribution in [0.1, 0.15) is 61.8 Å². The molecule has 0 fully saturated rings. The van der Waals surface area contributed by atoms with Crippen LogP contribution in [0.15, 0.2) is 75.4 Å². The van der Waals surface area contributed by atoms with Crippen molar-refractivity contribution >= 4 is 9.84 Å². The first kappa shape index (κ1) is 28.6. The average molecular weight is 561 g/mol. The lowest BCUT2D eigenvalue weighted by atomic mass is 10.0. The van der Waals surface area contributed by atoms with Crippen molar-refractivity contribution in [2.75, 3.05) is 0 Å². The maximum atomic E-state index is 14.1. The molecule has 0 spiro atoms. The van der Waals surface area contributed by atoms with Crippen LogP contribution in [0.2, 0.25) is 0 Å². The molecule has 2 aromatic carbocycles. The van der Waals surface area contributed by atoms with Gasteiger partial charge in [0.1, 0.15) is 17.7 Å². The largest absolute Gasteiger partial charge is 0.493 e. The van der Waals surface area contributed by atoms with E-state index in [9.17, 15) is 28.0 Å². The lowest BCUT2D eigenvalue weighted by Gasteiger charge is -2.25. The van der Waals surface area contributed by atoms with Crippen molar-refractivity contribution in [2.45, 2.75) is 62.3 Å². The van der Waals surface area contributed by atoms with Crippen molar-refractivity contribution in [1.29, 1.82) is 5.26 Å². The van der Waals surface area contributed by atoms with Gasteiger partial charge in [-0.2, -0.15) is 10.2 Å². The lowest BCUT2D eigenvalue weighted by Crippen LogP contribution is -2.27. The first-order valence-electron chi connectivity index (χ1n) is 12.9. The minimum Gasteiger partial charge on any atom is -0.493 e. The fourth-order valence-corrected chi connectivity index (χ4v) is 6.09. The summed E-state index contributed by atoms with van der Waals surface area (Å²) >= 11 is 0. The molecular formula is C30H29FN4O4S. The summed E-state index contributed by atoms with van der Waals surface area (Å²) in [6.45, 7) is 5.60. The van der Waals surface area contributed by atoms with Crippen molar-refractivity contribution in [1.82, 2.24) is 14.5 Å². The first-order valence-corrected chi connectivity index (χ1v) is 14.4. The zero-order valence-electron chi connectivity index (χ0n) is 22.4. The number of nitriles is 1. The van der Waals surface area contributed by atoms with Crippen molar-refractivity contribution < 1.29 is 17.9 Å². The van der Waals surface area contributed by atoms with E-state index >= 15 is 0 Å². The van der Waals surface area contributed by atoms with E-state index in [-0.39, 0.29) is 16.3 Å². The number of hydrogen-bond acceptors (Lipinski definition) is 7. The summed E-state index contributed by atoms with van der Waals surface area (Å²) < 4.78 is 42.9. The highest BCUT2D eigenvalue weighted by atomic mass is 32.2. The van der Waals surface area contributed by atoms with Gasteiger partial charge in [0.2, 0.25) is 15.7 Å². The van der Waals surface area contributed by atoms with Crippen molar-refractivity contribution in [3.05, 3.63) is 99.6 Å². The van der Waals surface area contributed by atoms with Gasteiger partial charge in [0.15, 0.2) is 4.90 Å². The summed E-state index contributed by atoms with van der Waals surface area (Å²) in [5, 5.41) is 20.8. The first-order chi connectivity index (χ1) is 19.1. The molecule has 4 rings (SSSR count). The number of rotatable bonds is 9. The molecule has 1 N–H and O–H groups in total. The van der Waals surface area contributed by atoms with E-state index in [4.69, 9.17) is 0 Å². The molecule has 2 aromatic heterocycles. The Morgan fingerprint density at radius 3 is 2.48 bits per heavy atom. The van der Waals surface area contributed by atoms with Gasteiger partial charge in [-0.1, -0.05) is 44.5 Å². The summed E-state index contributed by atoms with van der Waals surface area (Å²) in [4.78, 5) is 20.5. The number of pyridine rings is 1. The Labute approximate surface area is 232 Å². The van der Waals surface area contributed by atoms with E-state index in [0.717, 1.165) is 29.3 Å². The van der Waals surface area contributed by atoms with Gasteiger partial charge in [0.05, 0.1) is 16.5 Å². The SMILES string of the molecule is CCCCc1nc(=O)c(S(=O)(=O)c2ccc(-c3cccnc3C)cc2)c(O)n1C(CC)c1ccc(F)c(C#N)c1. The highest BCUT2D eigenvalue weighted by Crippen LogP contribution is 2.34. The maximum Gasteiger partial charge on any atom is 0.296 e. The molecular weight excluding hydrogens is 531 g/mol. The third-order valence-corrected chi connectivity index (χ3v) is 8.62. The number of benzene rings is 2. The highest BCUT2D eigenvalue weighted by molar-refractivity contribution is 7.91. The second kappa shape index (κ2) is 11.8. The monoisotopic (exact) mass is 560 g/mol. The molecule has 1 unspecified atom stereocenters. The fraction of sp³-hybridized carbons (Fsp3) is 0.267. The summed E-state index contributed by atoms with van der Waals surface area (Å²) in [5.41, 5.74) is 1.58. The van der Waals surface area contributed by atoms with Crippen LogP contribution in [0.5, 0.6) is 5.88 Å². The molecule has 8 nitrogen and oxygen atoms in total. The molecule has 1 atom stereocenters. The van der Waals surface area contributed by atoms with E-state index < -0.39 is 38.0 Å². The molecule has 0 aliphatic rings. The maximum absolute atomic E-state index is 14.1. The number of hydrogen-bond donors (Lipinski definition) is 1. The van der Waals surface area contributed by atoms with E-state index in [1.807, 2.05) is 19.9 Å². The number of aromatic hydroxyl groups is 1. The van der Waals surface area contributed by atoms with Gasteiger partial charge < -0.3 is 5.11 Å². The van der Waals surface area contributed by atoms with Crippen LogP contribution >= 0.6 is 0 Å². The number of sulfone groups is 1. The van der Waals surface area contributed by atoms with Crippen LogP contribution in [-0.2, 0) is 16.3 Å². The van der Waals surface area contributed by atoms with Crippen LogP contribution in [-0.4, -0.2) is 28.1 Å². The molecule has 40 heavy (non-hydrogen) atoms. The molecule has 0 amide bonds. The molecule has 0 bridgehead atoms. The molecule has 4 aromatic rings. The molecule has 0 aliphatic heterocycles. The van der Waals surface area contributed by atoms with Crippen LogP contribution in [0.25, 0.3) is 11.1 Å². The summed E-state index contributed by atoms with van der Waals surface area (Å²) in [6.07, 6.45) is 3.72. The molecule has 0 saturated heterocycles. The number of halogens is 1. The van der Waals surface area contributed by atoms with E-state index in [2.05, 4.69) is 9.97 Å². The standard InChI is InChI=1S/C30H29FN4O4S/c1-4-6-9-27-34-29(36)28(30(37)35(27)26(5-2)21-12-15-25(31)22(17-21)18-32)40(38,39)23-13-10-20(11-14-23)24-8-7-16-33-19(24)3/h7-8,10-17,26,37H,4-6,9H2,1-3H3. The van der Waals surface area contributed by atoms with Gasteiger partial charge in [0.25, 0.3) is 5.56 Å². The van der Waals surface area contributed by atoms with Gasteiger partial charge >= 0.3 is 0 Å². The third-order valence-electron chi connectivity index (χ3n) is 6.83. The predicted octanol–water partition coefficient (Wildman–Crippen LogP) is 5.50. The minimum absolute atomic E-state index is 0.179. The summed E-state index contributed by atoms with van der Waals surface area (Å²) in [6, 6.07) is 14.7. The second-order valence-electron chi connectivity index (χ2n) is 9.40. The number of nitrogens with zero attached hydrogens (tertiary/aromatic N) is 4. The van der Waals surface area contributed by atoms with E-state index in [1.165, 1.54) is 28.8 Å². The van der Waals surface area contributed by atoms with Crippen molar-refractivity contribution in [3.63, 3.8) is 0 Å². The van der Waals surface area contributed by atoms with Gasteiger partial charge in [-0.25, -0.2) is 12.8 Å². The van der Waals surface area contributed by atoms with Gasteiger partial charge in [-0.3, -0.25) is 14.3 Å². The molecule has 2 heterocycles. The van der Waals surface area contributed by atoms with Crippen molar-refractivity contribution in [2.24, 2.45) is 0 Å². The topological polar surface area (TPSA) is 126 Å². The molecule has 10 heteroatoms. The smallest absolute Gasteiger partial charge is 0.296 e. The molecule has 0 aliphatic carbocycles. The zero-order chi connectivity index (χ0) is 29.0. The minimum atomic E-state index is -4.49. The lowest BCUT2D eigenvalue weighted by molar-refractivity contribution is 0.358. The van der Waals surface area contributed by atoms with Crippen LogP contribution < -0.4 is 5.56 Å². The molecule has 206 valence electrons. The Morgan fingerprint density at radius 2 is 1.85 bits per heavy atom. The third kappa shape index (κ3) is 5.38. The number of unbranched alkanes of at least 4 members (excludes halogenated alkanes) is 1. The Hall–Kier alpha value is -4.36. The van der Waals surface area contributed by atoms with Gasteiger partial charge in [-0.05, 0) is 61.2 Å². The Bertz CT molecular complexity index is 1760. The zero-order valence-corrected chi connectivity index (χ0v) is 23.2. The van der Waals surface area contributed by atoms with Crippen LogP contribution in [0.4, 0.5) is 4.39 Å². The summed E-state index contributed by atoms with van der Waals surface area (Å²) in [7, 11) is -4.49. The Kier molecular flexibility index (Phi) is 8.45. The predicted molar refractivity (Wildman–Crippen MR) is 148 cm³/mol. The molecule has 0 saturated carbocycles. The van der Waals surface area contributed by atoms with Crippen LogP contribution in [0, 0.1) is 24.1 Å².